The molecule has 26 valence electrons. The van der Waals surface area contributed by atoms with Crippen LogP contribution in [0.2, 0.25) is 0 Å². The fourth-order valence-corrected chi connectivity index (χ4v) is 0. The third-order valence-electron chi connectivity index (χ3n) is 0. The molecule has 0 saturated heterocycles. The molecule has 2 atom stereocenters. The molecule has 0 spiro atoms. The van der Waals surface area contributed by atoms with Gasteiger partial charge in [-0.15, -0.1) is 8.93 Å². The van der Waals surface area contributed by atoms with Crippen LogP contribution in [0.4, 0.5) is 4.20 Å². The van der Waals surface area contributed by atoms with Crippen molar-refractivity contribution in [2.45, 2.75) is 0 Å². The number of hydrogen-bond donors (Lipinski definition) is 0. The van der Waals surface area contributed by atoms with Gasteiger partial charge in [0.05, 0.1) is 0 Å². The molecule has 4 heavy (non-hydrogen) atoms. The molecule has 0 saturated carbocycles. The van der Waals surface area contributed by atoms with Crippen molar-refractivity contribution in [1.29, 1.82) is 0 Å². The molecule has 0 aliphatic carbocycles. The van der Waals surface area contributed by atoms with E-state index in [9.17, 15) is 4.20 Å². The van der Waals surface area contributed by atoms with E-state index in [2.05, 4.69) is 8.93 Å². The van der Waals surface area contributed by atoms with E-state index in [1.165, 1.54) is 0 Å². The Morgan fingerprint density at radius 1 is 2.00 bits per heavy atom. The smallest absolute Gasteiger partial charge is 0.0661 e. The molecule has 0 bridgehead atoms. The van der Waals surface area contributed by atoms with E-state index >= 15 is 0 Å². The predicted molar refractivity (Wildman–Crippen MR) is 26.1 cm³/mol. The molecule has 4 heteroatoms. The average Bonchev–Trinajstić information content (AvgIpc) is 0.811. The molecule has 0 nitrogen and oxygen atoms in total. The molecule has 0 aromatic rings. The van der Waals surface area contributed by atoms with E-state index in [1.807, 2.05) is 8.93 Å². The molecule has 0 rings (SSSR count). The first kappa shape index (κ1) is 5.22. The molecule has 0 aromatic carbocycles. The Hall–Kier alpha value is 1.22. The van der Waals surface area contributed by atoms with E-state index in [0.29, 0.717) is 0 Å². The Bertz CT molecular complexity index is 8.00. The van der Waals surface area contributed by atoms with Crippen LogP contribution in [-0.2, 0) is 0 Å². The van der Waals surface area contributed by atoms with E-state index in [1.54, 1.807) is 0 Å². The highest BCUT2D eigenvalue weighted by Crippen LogP contribution is 2.53. The van der Waals surface area contributed by atoms with E-state index in [4.69, 9.17) is 0 Å². The quantitative estimate of drug-likeness (QED) is 0.424. The second-order valence-electron chi connectivity index (χ2n) is 0.311. The summed E-state index contributed by atoms with van der Waals surface area (Å²) in [5.41, 5.74) is 0. The van der Waals surface area contributed by atoms with Gasteiger partial charge in [0, 0.05) is 0 Å². The van der Waals surface area contributed by atoms with Crippen LogP contribution in [0.15, 0.2) is 0 Å². The lowest BCUT2D eigenvalue weighted by Crippen LogP contribution is -0.960. The number of halogens is 1. The van der Waals surface area contributed by atoms with Crippen molar-refractivity contribution < 1.29 is 4.20 Å². The molecule has 0 heterocycles. The van der Waals surface area contributed by atoms with Crippen molar-refractivity contribution in [2.75, 3.05) is 0 Å². The zero-order chi connectivity index (χ0) is 3.58. The average molecular weight is 115 g/mol. The van der Waals surface area contributed by atoms with Gasteiger partial charge in [-0.3, -0.25) is 4.20 Å². The Labute approximate surface area is 30.6 Å². The Morgan fingerprint density at radius 2 is 2.00 bits per heavy atom. The van der Waals surface area contributed by atoms with Gasteiger partial charge in [-0.25, -0.2) is 0 Å². The van der Waals surface area contributed by atoms with Gasteiger partial charge in [-0.2, -0.15) is 0 Å². The Balaban J connectivity index is 2.32. The second kappa shape index (κ2) is 2.46. The lowest BCUT2D eigenvalue weighted by atomic mass is 18.9. The Kier molecular flexibility index (Phi) is 3.21. The first-order chi connectivity index (χ1) is 1.73. The highest BCUT2D eigenvalue weighted by Gasteiger charge is 1.57. The summed E-state index contributed by atoms with van der Waals surface area (Å²) in [5, 5.41) is 0. The minimum atomic E-state index is -1.40. The maximum Gasteiger partial charge on any atom is -0.0661 e. The lowest BCUT2D eigenvalue weighted by Gasteiger charge is -1.92. The van der Waals surface area contributed by atoms with Crippen molar-refractivity contribution in [3.8, 4) is 0 Å². The van der Waals surface area contributed by atoms with Gasteiger partial charge in [0.2, 0.25) is 0 Å². The molecule has 0 N–H and O–H groups in total. The third-order valence-corrected chi connectivity index (χ3v) is 0. The highest BCUT2D eigenvalue weighted by atomic mass is 32.4. The van der Waals surface area contributed by atoms with E-state index in [0.717, 1.165) is 0 Å². The van der Waals surface area contributed by atoms with Crippen LogP contribution in [0.25, 0.3) is 0 Å². The fourth-order valence-electron chi connectivity index (χ4n) is 0. The van der Waals surface area contributed by atoms with Gasteiger partial charge in [-0.1, -0.05) is 7.61 Å². The van der Waals surface area contributed by atoms with Crippen molar-refractivity contribution >= 4 is 25.5 Å². The highest BCUT2D eigenvalue weighted by molar-refractivity contribution is 8.41. The SMILES string of the molecule is FP([PH-])P. The molecule has 0 aliphatic rings. The fraction of sp³-hybridized carbons (Fsp3) is 0. The monoisotopic (exact) mass is 115 g/mol. The van der Waals surface area contributed by atoms with Gasteiger partial charge in [0.15, 0.2) is 0 Å². The van der Waals surface area contributed by atoms with Crippen molar-refractivity contribution in [2.24, 2.45) is 0 Å². The maximum atomic E-state index is 10.9. The van der Waals surface area contributed by atoms with Crippen LogP contribution in [0, 0.1) is 0 Å². The van der Waals surface area contributed by atoms with E-state index < -0.39 is 7.61 Å². The minimum absolute atomic E-state index is 1.40. The molecular weight excluding hydrogens is 112 g/mol. The second-order valence-corrected chi connectivity index (χ2v) is 5.12. The van der Waals surface area contributed by atoms with E-state index in [-0.39, 0.29) is 0 Å². The largest absolute Gasteiger partial charge is 0.486 e. The van der Waals surface area contributed by atoms with Crippen molar-refractivity contribution in [3.05, 3.63) is 0 Å². The summed E-state index contributed by atoms with van der Waals surface area (Å²) in [5.74, 6) is 0. The van der Waals surface area contributed by atoms with Crippen LogP contribution in [0.5, 0.6) is 0 Å². The summed E-state index contributed by atoms with van der Waals surface area (Å²) in [7, 11) is 3.24. The summed E-state index contributed by atoms with van der Waals surface area (Å²) in [6.07, 6.45) is 0. The summed E-state index contributed by atoms with van der Waals surface area (Å²) in [4.78, 5) is 0. The van der Waals surface area contributed by atoms with Crippen LogP contribution in [0.3, 0.4) is 0 Å². The van der Waals surface area contributed by atoms with Crippen molar-refractivity contribution in [1.82, 2.24) is 0 Å². The summed E-state index contributed by atoms with van der Waals surface area (Å²) < 4.78 is 10.9. The minimum Gasteiger partial charge on any atom is -0.486 e. The van der Waals surface area contributed by atoms with Crippen molar-refractivity contribution in [3.63, 3.8) is 0 Å². The lowest BCUT2D eigenvalue weighted by molar-refractivity contribution is 0.931. The molecule has 0 fully saturated rings. The third kappa shape index (κ3) is 10.7. The zero-order valence-electron chi connectivity index (χ0n) is 1.90. The topological polar surface area (TPSA) is 0 Å². The van der Waals surface area contributed by atoms with Crippen LogP contribution in [0.1, 0.15) is 0 Å². The van der Waals surface area contributed by atoms with Gasteiger partial charge in [0.25, 0.3) is 0 Å². The summed E-state index contributed by atoms with van der Waals surface area (Å²) in [6, 6.07) is 0. The van der Waals surface area contributed by atoms with Gasteiger partial charge in [0.1, 0.15) is 0 Å². The Morgan fingerprint density at radius 3 is 2.00 bits per heavy atom. The van der Waals surface area contributed by atoms with Gasteiger partial charge < -0.3 is 8.93 Å². The van der Waals surface area contributed by atoms with Gasteiger partial charge >= 0.3 is 0 Å². The van der Waals surface area contributed by atoms with Gasteiger partial charge in [-0.05, 0) is 0 Å². The normalized spacial score (nSPS) is 15.8. The standard InChI is InChI=1S/FH3P3/c1-4(2)3/h2H,3H2/q-1. The maximum absolute atomic E-state index is 10.9. The molecular formula is H3FP3-. The first-order valence-corrected chi connectivity index (χ1v) is 4.84. The molecule has 2 unspecified atom stereocenters. The first-order valence-electron chi connectivity index (χ1n) is 0.651. The summed E-state index contributed by atoms with van der Waals surface area (Å²) in [6.45, 7) is 0. The zero-order valence-corrected chi connectivity index (χ0v) is 4.95. The van der Waals surface area contributed by atoms with Crippen LogP contribution < -0.4 is 0 Å². The summed E-state index contributed by atoms with van der Waals surface area (Å²) >= 11 is 0. The number of hydrogen-bond acceptors (Lipinski definition) is 0. The predicted octanol–water partition coefficient (Wildman–Crippen LogP) is 2.20. The van der Waals surface area contributed by atoms with Crippen LogP contribution >= 0.6 is 25.5 Å². The molecule has 0 radical (unpaired) electrons. The van der Waals surface area contributed by atoms with Crippen LogP contribution in [-0.4, -0.2) is 0 Å². The number of rotatable bonds is 0. The molecule has 0 aromatic heterocycles. The molecule has 0 amide bonds. The molecule has 0 aliphatic heterocycles.